The summed E-state index contributed by atoms with van der Waals surface area (Å²) in [4.78, 5) is 35.7. The summed E-state index contributed by atoms with van der Waals surface area (Å²) in [5.74, 6) is -0.478. The first-order valence-electron chi connectivity index (χ1n) is 6.49. The van der Waals surface area contributed by atoms with Crippen molar-refractivity contribution in [1.29, 1.82) is 0 Å². The van der Waals surface area contributed by atoms with Gasteiger partial charge in [-0.25, -0.2) is 0 Å². The van der Waals surface area contributed by atoms with E-state index in [9.17, 15) is 14.4 Å². The minimum absolute atomic E-state index is 0.138. The molecule has 1 heterocycles. The van der Waals surface area contributed by atoms with Crippen molar-refractivity contribution in [2.24, 2.45) is 0 Å². The molecule has 1 saturated heterocycles. The van der Waals surface area contributed by atoms with Crippen LogP contribution in [0.3, 0.4) is 0 Å². The number of rotatable bonds is 4. The van der Waals surface area contributed by atoms with E-state index in [1.807, 2.05) is 0 Å². The van der Waals surface area contributed by atoms with Crippen LogP contribution in [0, 0.1) is 0 Å². The van der Waals surface area contributed by atoms with E-state index >= 15 is 0 Å². The van der Waals surface area contributed by atoms with Gasteiger partial charge in [0.25, 0.3) is 5.91 Å². The molecular weight excluding hydrogens is 258 g/mol. The van der Waals surface area contributed by atoms with Crippen LogP contribution in [0.2, 0.25) is 0 Å². The van der Waals surface area contributed by atoms with Gasteiger partial charge in [-0.3, -0.25) is 19.3 Å². The zero-order chi connectivity index (χ0) is 14.7. The van der Waals surface area contributed by atoms with Crippen LogP contribution in [0.1, 0.15) is 20.3 Å². The number of nitrogens with one attached hydrogen (secondary N) is 2. The number of carbonyl (C=O) groups is 3. The minimum Gasteiger partial charge on any atom is -0.373 e. The number of hydrogen-bond donors (Lipinski definition) is 2. The number of carbonyl (C=O) groups excluding carboxylic acids is 3. The average Bonchev–Trinajstić information content (AvgIpc) is 2.66. The molecule has 0 spiro atoms. The average molecular weight is 275 g/mol. The first-order valence-corrected chi connectivity index (χ1v) is 6.49. The van der Waals surface area contributed by atoms with Crippen molar-refractivity contribution < 1.29 is 14.4 Å². The number of benzene rings is 1. The predicted molar refractivity (Wildman–Crippen MR) is 75.2 cm³/mol. The fourth-order valence-electron chi connectivity index (χ4n) is 2.18. The first kappa shape index (κ1) is 14.0. The lowest BCUT2D eigenvalue weighted by atomic mass is 10.2. The molecule has 1 aliphatic heterocycles. The second kappa shape index (κ2) is 5.73. The highest BCUT2D eigenvalue weighted by atomic mass is 16.2. The van der Waals surface area contributed by atoms with Crippen molar-refractivity contribution in [3.05, 3.63) is 24.3 Å². The summed E-state index contributed by atoms with van der Waals surface area (Å²) in [5.41, 5.74) is 1.43. The predicted octanol–water partition coefficient (Wildman–Crippen LogP) is 1.20. The summed E-state index contributed by atoms with van der Waals surface area (Å²) in [7, 11) is 0. The van der Waals surface area contributed by atoms with Crippen LogP contribution >= 0.6 is 0 Å². The van der Waals surface area contributed by atoms with Crippen LogP contribution in [-0.2, 0) is 14.4 Å². The number of amides is 3. The van der Waals surface area contributed by atoms with Gasteiger partial charge in [0.1, 0.15) is 6.04 Å². The highest BCUT2D eigenvalue weighted by Crippen LogP contribution is 2.19. The smallest absolute Gasteiger partial charge is 0.252 e. The highest BCUT2D eigenvalue weighted by Gasteiger charge is 2.37. The van der Waals surface area contributed by atoms with Gasteiger partial charge in [-0.1, -0.05) is 0 Å². The van der Waals surface area contributed by atoms with Gasteiger partial charge in [-0.2, -0.15) is 0 Å². The third kappa shape index (κ3) is 2.96. The molecule has 0 radical (unpaired) electrons. The van der Waals surface area contributed by atoms with Crippen molar-refractivity contribution >= 4 is 29.1 Å². The Hall–Kier alpha value is -2.37. The largest absolute Gasteiger partial charge is 0.373 e. The van der Waals surface area contributed by atoms with Gasteiger partial charge in [0.15, 0.2) is 0 Å². The normalized spacial score (nSPS) is 18.3. The molecule has 6 heteroatoms. The molecule has 106 valence electrons. The molecule has 20 heavy (non-hydrogen) atoms. The Balaban J connectivity index is 2.02. The number of nitrogens with zero attached hydrogens (tertiary/aromatic N) is 1. The molecular formula is C14H17N3O3. The third-order valence-corrected chi connectivity index (χ3v) is 3.11. The molecule has 0 bridgehead atoms. The lowest BCUT2D eigenvalue weighted by molar-refractivity contribution is -0.138. The molecule has 0 saturated carbocycles. The van der Waals surface area contributed by atoms with E-state index in [1.165, 1.54) is 11.8 Å². The van der Waals surface area contributed by atoms with Crippen LogP contribution in [0.25, 0.3) is 0 Å². The summed E-state index contributed by atoms with van der Waals surface area (Å²) in [5, 5.41) is 5.70. The highest BCUT2D eigenvalue weighted by molar-refractivity contribution is 6.06. The molecule has 1 aromatic carbocycles. The number of hydrogen-bond acceptors (Lipinski definition) is 4. The molecule has 1 atom stereocenters. The number of likely N-dealkylation sites (N-methyl/N-ethyl adjacent to an activating group) is 1. The quantitative estimate of drug-likeness (QED) is 0.809. The van der Waals surface area contributed by atoms with Gasteiger partial charge in [-0.15, -0.1) is 0 Å². The molecule has 0 aliphatic carbocycles. The summed E-state index contributed by atoms with van der Waals surface area (Å²) >= 11 is 0. The minimum atomic E-state index is -0.505. The van der Waals surface area contributed by atoms with Gasteiger partial charge >= 0.3 is 0 Å². The van der Waals surface area contributed by atoms with Gasteiger partial charge in [0, 0.05) is 24.8 Å². The van der Waals surface area contributed by atoms with E-state index in [-0.39, 0.29) is 24.1 Å². The molecule has 1 fully saturated rings. The Morgan fingerprint density at radius 1 is 1.25 bits per heavy atom. The summed E-state index contributed by atoms with van der Waals surface area (Å²) < 4.78 is 0. The SMILES string of the molecule is CCN1C(=O)C[C@H](Nc2ccc(NC(C)=O)cc2)C1=O. The standard InChI is InChI=1S/C14H17N3O3/c1-3-17-13(19)8-12(14(17)20)16-11-6-4-10(5-7-11)15-9(2)18/h4-7,12,16H,3,8H2,1-2H3,(H,15,18)/t12-/m0/s1. The maximum atomic E-state index is 11.9. The molecule has 1 aliphatic rings. The zero-order valence-electron chi connectivity index (χ0n) is 11.5. The Labute approximate surface area is 117 Å². The fraction of sp³-hybridized carbons (Fsp3) is 0.357. The number of imide groups is 1. The van der Waals surface area contributed by atoms with E-state index < -0.39 is 6.04 Å². The van der Waals surface area contributed by atoms with Crippen LogP contribution in [0.4, 0.5) is 11.4 Å². The second-order valence-corrected chi connectivity index (χ2v) is 4.64. The summed E-state index contributed by atoms with van der Waals surface area (Å²) in [6, 6.07) is 6.49. The van der Waals surface area contributed by atoms with Crippen LogP contribution < -0.4 is 10.6 Å². The molecule has 0 unspecified atom stereocenters. The first-order chi connectivity index (χ1) is 9.51. The van der Waals surface area contributed by atoms with Crippen molar-refractivity contribution in [1.82, 2.24) is 4.90 Å². The lowest BCUT2D eigenvalue weighted by Gasteiger charge is -2.14. The van der Waals surface area contributed by atoms with Crippen molar-refractivity contribution in [3.8, 4) is 0 Å². The summed E-state index contributed by atoms with van der Waals surface area (Å²) in [6.07, 6.45) is 0.181. The zero-order valence-corrected chi connectivity index (χ0v) is 11.5. The van der Waals surface area contributed by atoms with E-state index in [2.05, 4.69) is 10.6 Å². The monoisotopic (exact) mass is 275 g/mol. The molecule has 0 aromatic heterocycles. The van der Waals surface area contributed by atoms with Crippen molar-refractivity contribution in [2.45, 2.75) is 26.3 Å². The van der Waals surface area contributed by atoms with Gasteiger partial charge < -0.3 is 10.6 Å². The van der Waals surface area contributed by atoms with Gasteiger partial charge in [0.05, 0.1) is 6.42 Å². The number of anilines is 2. The molecule has 1 aromatic rings. The number of likely N-dealkylation sites (tertiary alicyclic amines) is 1. The molecule has 6 nitrogen and oxygen atoms in total. The van der Waals surface area contributed by atoms with Gasteiger partial charge in [0.2, 0.25) is 11.8 Å². The Morgan fingerprint density at radius 3 is 2.35 bits per heavy atom. The van der Waals surface area contributed by atoms with Crippen LogP contribution in [0.5, 0.6) is 0 Å². The van der Waals surface area contributed by atoms with E-state index in [0.29, 0.717) is 12.2 Å². The Morgan fingerprint density at radius 2 is 1.85 bits per heavy atom. The Kier molecular flexibility index (Phi) is 4.02. The van der Waals surface area contributed by atoms with E-state index in [1.54, 1.807) is 31.2 Å². The Bertz CT molecular complexity index is 539. The van der Waals surface area contributed by atoms with Crippen LogP contribution in [0.15, 0.2) is 24.3 Å². The second-order valence-electron chi connectivity index (χ2n) is 4.64. The summed E-state index contributed by atoms with van der Waals surface area (Å²) in [6.45, 7) is 3.62. The third-order valence-electron chi connectivity index (χ3n) is 3.11. The molecule has 3 amide bonds. The maximum absolute atomic E-state index is 11.9. The topological polar surface area (TPSA) is 78.5 Å². The van der Waals surface area contributed by atoms with Crippen molar-refractivity contribution in [3.63, 3.8) is 0 Å². The molecule has 2 N–H and O–H groups in total. The maximum Gasteiger partial charge on any atom is 0.252 e. The molecule has 2 rings (SSSR count). The lowest BCUT2D eigenvalue weighted by Crippen LogP contribution is -2.34. The van der Waals surface area contributed by atoms with E-state index in [0.717, 1.165) is 5.69 Å². The van der Waals surface area contributed by atoms with Crippen LogP contribution in [-0.4, -0.2) is 35.2 Å². The van der Waals surface area contributed by atoms with Gasteiger partial charge in [-0.05, 0) is 31.2 Å². The van der Waals surface area contributed by atoms with E-state index in [4.69, 9.17) is 0 Å². The fourth-order valence-corrected chi connectivity index (χ4v) is 2.18. The van der Waals surface area contributed by atoms with Crippen molar-refractivity contribution in [2.75, 3.05) is 17.2 Å².